The Bertz CT molecular complexity index is 699. The van der Waals surface area contributed by atoms with Crippen molar-refractivity contribution in [3.63, 3.8) is 0 Å². The average molecular weight is 410 g/mol. The number of nitrogens with one attached hydrogen (secondary N) is 2. The molecule has 0 fully saturated rings. The largest absolute Gasteiger partial charge is 0.497 e. The average Bonchev–Trinajstić information content (AvgIpc) is 2.54. The molecule has 2 aromatic carbocycles. The normalized spacial score (nSPS) is 9.95. The fourth-order valence-corrected chi connectivity index (χ4v) is 2.25. The minimum atomic E-state index is -0.391. The van der Waals surface area contributed by atoms with E-state index in [0.29, 0.717) is 16.9 Å². The molecule has 0 saturated carbocycles. The van der Waals surface area contributed by atoms with E-state index in [0.717, 1.165) is 9.13 Å². The van der Waals surface area contributed by atoms with Crippen LogP contribution in [-0.4, -0.2) is 18.9 Å². The van der Waals surface area contributed by atoms with Crippen LogP contribution in [0.5, 0.6) is 5.75 Å². The Morgan fingerprint density at radius 1 is 0.955 bits per heavy atom. The van der Waals surface area contributed by atoms with Gasteiger partial charge < -0.3 is 4.74 Å². The molecule has 2 amide bonds. The number of benzene rings is 2. The maximum Gasteiger partial charge on any atom is 0.269 e. The standard InChI is InChI=1S/C16H15IN2O3/c1-10-3-4-12(9-14(10)17)16(21)19-18-15(20)11-5-7-13(22-2)8-6-11/h3-9H,1-2H3,(H,18,20)(H,19,21). The van der Waals surface area contributed by atoms with E-state index in [1.54, 1.807) is 43.5 Å². The van der Waals surface area contributed by atoms with Crippen LogP contribution >= 0.6 is 22.6 Å². The zero-order valence-electron chi connectivity index (χ0n) is 12.1. The Morgan fingerprint density at radius 2 is 1.50 bits per heavy atom. The first-order chi connectivity index (χ1) is 10.5. The molecule has 114 valence electrons. The smallest absolute Gasteiger partial charge is 0.269 e. The maximum absolute atomic E-state index is 12.0. The summed E-state index contributed by atoms with van der Waals surface area (Å²) in [4.78, 5) is 23.9. The first-order valence-corrected chi connectivity index (χ1v) is 7.60. The fourth-order valence-electron chi connectivity index (χ4n) is 1.73. The number of aryl methyl sites for hydroxylation is 1. The van der Waals surface area contributed by atoms with Gasteiger partial charge in [0.05, 0.1) is 7.11 Å². The summed E-state index contributed by atoms with van der Waals surface area (Å²) in [6.45, 7) is 1.97. The number of rotatable bonds is 3. The summed E-state index contributed by atoms with van der Waals surface area (Å²) in [5.74, 6) is -0.0904. The lowest BCUT2D eigenvalue weighted by Gasteiger charge is -2.09. The minimum absolute atomic E-state index is 0.361. The van der Waals surface area contributed by atoms with E-state index in [4.69, 9.17) is 4.74 Å². The monoisotopic (exact) mass is 410 g/mol. The third-order valence-electron chi connectivity index (χ3n) is 3.08. The number of hydrazine groups is 1. The Hall–Kier alpha value is -2.09. The van der Waals surface area contributed by atoms with Gasteiger partial charge in [0.2, 0.25) is 0 Å². The lowest BCUT2D eigenvalue weighted by Crippen LogP contribution is -2.41. The second-order valence-corrected chi connectivity index (χ2v) is 5.76. The van der Waals surface area contributed by atoms with E-state index in [2.05, 4.69) is 33.4 Å². The molecule has 22 heavy (non-hydrogen) atoms. The summed E-state index contributed by atoms with van der Waals surface area (Å²) >= 11 is 2.16. The first-order valence-electron chi connectivity index (χ1n) is 6.52. The van der Waals surface area contributed by atoms with Crippen LogP contribution in [0.3, 0.4) is 0 Å². The van der Waals surface area contributed by atoms with Crippen molar-refractivity contribution in [2.24, 2.45) is 0 Å². The molecule has 0 unspecified atom stereocenters. The highest BCUT2D eigenvalue weighted by Crippen LogP contribution is 2.13. The highest BCUT2D eigenvalue weighted by atomic mass is 127. The lowest BCUT2D eigenvalue weighted by atomic mass is 10.1. The molecular formula is C16H15IN2O3. The van der Waals surface area contributed by atoms with Gasteiger partial charge in [-0.2, -0.15) is 0 Å². The number of methoxy groups -OCH3 is 1. The van der Waals surface area contributed by atoms with Crippen molar-refractivity contribution in [3.05, 3.63) is 62.7 Å². The summed E-state index contributed by atoms with van der Waals surface area (Å²) < 4.78 is 6.02. The van der Waals surface area contributed by atoms with Gasteiger partial charge in [0.15, 0.2) is 0 Å². The van der Waals surface area contributed by atoms with Crippen molar-refractivity contribution in [1.82, 2.24) is 10.9 Å². The zero-order valence-corrected chi connectivity index (χ0v) is 14.3. The van der Waals surface area contributed by atoms with Gasteiger partial charge in [-0.05, 0) is 71.5 Å². The molecule has 0 atom stereocenters. The van der Waals surface area contributed by atoms with Crippen LogP contribution in [0.15, 0.2) is 42.5 Å². The van der Waals surface area contributed by atoms with Crippen molar-refractivity contribution < 1.29 is 14.3 Å². The molecule has 0 radical (unpaired) electrons. The fraction of sp³-hybridized carbons (Fsp3) is 0.125. The highest BCUT2D eigenvalue weighted by molar-refractivity contribution is 14.1. The van der Waals surface area contributed by atoms with Gasteiger partial charge in [-0.3, -0.25) is 20.4 Å². The van der Waals surface area contributed by atoms with E-state index < -0.39 is 5.91 Å². The van der Waals surface area contributed by atoms with Gasteiger partial charge in [0, 0.05) is 14.7 Å². The van der Waals surface area contributed by atoms with E-state index in [1.165, 1.54) is 0 Å². The predicted octanol–water partition coefficient (Wildman–Crippen LogP) is 2.68. The number of hydrogen-bond acceptors (Lipinski definition) is 3. The Balaban J connectivity index is 1.97. The summed E-state index contributed by atoms with van der Waals surface area (Å²) in [6.07, 6.45) is 0. The summed E-state index contributed by atoms with van der Waals surface area (Å²) in [7, 11) is 1.55. The SMILES string of the molecule is COc1ccc(C(=O)NNC(=O)c2ccc(C)c(I)c2)cc1. The summed E-state index contributed by atoms with van der Waals surface area (Å²) in [5.41, 5.74) is 6.80. The molecule has 0 spiro atoms. The van der Waals surface area contributed by atoms with E-state index in [-0.39, 0.29) is 5.91 Å². The molecule has 0 aliphatic carbocycles. The van der Waals surface area contributed by atoms with Gasteiger partial charge in [-0.25, -0.2) is 0 Å². The molecular weight excluding hydrogens is 395 g/mol. The zero-order chi connectivity index (χ0) is 16.1. The predicted molar refractivity (Wildman–Crippen MR) is 91.8 cm³/mol. The van der Waals surface area contributed by atoms with E-state index >= 15 is 0 Å². The Labute approximate surface area is 142 Å². The van der Waals surface area contributed by atoms with E-state index in [9.17, 15) is 9.59 Å². The third-order valence-corrected chi connectivity index (χ3v) is 4.24. The second kappa shape index (κ2) is 7.26. The van der Waals surface area contributed by atoms with Crippen molar-refractivity contribution in [1.29, 1.82) is 0 Å². The minimum Gasteiger partial charge on any atom is -0.497 e. The van der Waals surface area contributed by atoms with Crippen molar-refractivity contribution >= 4 is 34.4 Å². The van der Waals surface area contributed by atoms with Crippen LogP contribution in [0.2, 0.25) is 0 Å². The molecule has 0 heterocycles. The van der Waals surface area contributed by atoms with Crippen molar-refractivity contribution in [3.8, 4) is 5.75 Å². The number of ether oxygens (including phenoxy) is 1. The van der Waals surface area contributed by atoms with Crippen LogP contribution < -0.4 is 15.6 Å². The summed E-state index contributed by atoms with van der Waals surface area (Å²) in [5, 5.41) is 0. The molecule has 0 aliphatic heterocycles. The van der Waals surface area contributed by atoms with Crippen LogP contribution in [0.1, 0.15) is 26.3 Å². The van der Waals surface area contributed by atoms with Crippen LogP contribution in [-0.2, 0) is 0 Å². The molecule has 0 bridgehead atoms. The lowest BCUT2D eigenvalue weighted by molar-refractivity contribution is 0.0846. The molecule has 2 rings (SSSR count). The maximum atomic E-state index is 12.0. The van der Waals surface area contributed by atoms with Crippen LogP contribution in [0.25, 0.3) is 0 Å². The molecule has 0 aliphatic rings. The van der Waals surface area contributed by atoms with Gasteiger partial charge in [0.1, 0.15) is 5.75 Å². The molecule has 2 aromatic rings. The highest BCUT2D eigenvalue weighted by Gasteiger charge is 2.10. The number of amides is 2. The molecule has 2 N–H and O–H groups in total. The molecule has 6 heteroatoms. The summed E-state index contributed by atoms with van der Waals surface area (Å²) in [6, 6.07) is 11.9. The Morgan fingerprint density at radius 3 is 2.05 bits per heavy atom. The van der Waals surface area contributed by atoms with Gasteiger partial charge in [0.25, 0.3) is 11.8 Å². The van der Waals surface area contributed by atoms with Gasteiger partial charge in [-0.1, -0.05) is 6.07 Å². The topological polar surface area (TPSA) is 67.4 Å². The molecule has 0 saturated heterocycles. The quantitative estimate of drug-likeness (QED) is 0.604. The number of halogens is 1. The van der Waals surface area contributed by atoms with E-state index in [1.807, 2.05) is 13.0 Å². The van der Waals surface area contributed by atoms with Gasteiger partial charge >= 0.3 is 0 Å². The number of carbonyl (C=O) groups excluding carboxylic acids is 2. The second-order valence-electron chi connectivity index (χ2n) is 4.60. The first kappa shape index (κ1) is 16.3. The number of carbonyl (C=O) groups is 2. The Kier molecular flexibility index (Phi) is 5.37. The van der Waals surface area contributed by atoms with Crippen molar-refractivity contribution in [2.75, 3.05) is 7.11 Å². The van der Waals surface area contributed by atoms with Crippen LogP contribution in [0, 0.1) is 10.5 Å². The third kappa shape index (κ3) is 3.97. The molecule has 0 aromatic heterocycles. The van der Waals surface area contributed by atoms with Crippen molar-refractivity contribution in [2.45, 2.75) is 6.92 Å². The van der Waals surface area contributed by atoms with Gasteiger partial charge in [-0.15, -0.1) is 0 Å². The molecule has 5 nitrogen and oxygen atoms in total. The van der Waals surface area contributed by atoms with Crippen LogP contribution in [0.4, 0.5) is 0 Å². The number of hydrogen-bond donors (Lipinski definition) is 2.